The zero-order valence-corrected chi connectivity index (χ0v) is 17.8. The van der Waals surface area contributed by atoms with Crippen LogP contribution in [0.15, 0.2) is 42.6 Å². The number of carbonyl (C=O) groups is 1. The van der Waals surface area contributed by atoms with Crippen LogP contribution in [-0.2, 0) is 4.79 Å². The number of pyridine rings is 1. The number of benzene rings is 1. The van der Waals surface area contributed by atoms with E-state index in [2.05, 4.69) is 15.3 Å². The maximum absolute atomic E-state index is 13.9. The average Bonchev–Trinajstić information content (AvgIpc) is 3.27. The molecule has 7 nitrogen and oxygen atoms in total. The molecule has 0 bridgehead atoms. The summed E-state index contributed by atoms with van der Waals surface area (Å²) in [6.07, 6.45) is 4.76. The molecule has 4 N–H and O–H groups in total. The van der Waals surface area contributed by atoms with E-state index in [1.165, 1.54) is 12.1 Å². The highest BCUT2D eigenvalue weighted by Crippen LogP contribution is 2.37. The van der Waals surface area contributed by atoms with Gasteiger partial charge in [-0.2, -0.15) is 0 Å². The average molecular weight is 439 g/mol. The van der Waals surface area contributed by atoms with E-state index in [4.69, 9.17) is 9.84 Å². The van der Waals surface area contributed by atoms with Gasteiger partial charge in [0.1, 0.15) is 17.2 Å². The number of aliphatic hydroxyl groups is 2. The van der Waals surface area contributed by atoms with Gasteiger partial charge < -0.3 is 25.3 Å². The zero-order valence-electron chi connectivity index (χ0n) is 17.8. The van der Waals surface area contributed by atoms with Gasteiger partial charge in [0.25, 0.3) is 0 Å². The summed E-state index contributed by atoms with van der Waals surface area (Å²) >= 11 is 0. The lowest BCUT2D eigenvalue weighted by Gasteiger charge is -2.21. The number of aromatic nitrogens is 2. The number of allylic oxidation sites excluding steroid dienone is 2. The molecule has 2 heterocycles. The van der Waals surface area contributed by atoms with Crippen molar-refractivity contribution >= 4 is 22.5 Å². The lowest BCUT2D eigenvalue weighted by molar-refractivity contribution is -0.125. The van der Waals surface area contributed by atoms with Crippen LogP contribution in [0.25, 0.3) is 27.7 Å². The molecule has 1 aliphatic carbocycles. The van der Waals surface area contributed by atoms with Crippen molar-refractivity contribution in [2.75, 3.05) is 20.3 Å². The largest absolute Gasteiger partial charge is 0.496 e. The number of aliphatic hydroxyl groups excluding tert-OH is 2. The molecular formula is C24H26FN3O4. The van der Waals surface area contributed by atoms with Crippen molar-refractivity contribution in [2.45, 2.75) is 25.4 Å². The fourth-order valence-electron chi connectivity index (χ4n) is 4.07. The van der Waals surface area contributed by atoms with Crippen LogP contribution >= 0.6 is 0 Å². The van der Waals surface area contributed by atoms with Gasteiger partial charge in [0.05, 0.1) is 19.8 Å². The molecule has 32 heavy (non-hydrogen) atoms. The molecule has 0 aliphatic heterocycles. The summed E-state index contributed by atoms with van der Waals surface area (Å²) in [5.41, 5.74) is 4.20. The van der Waals surface area contributed by atoms with Crippen molar-refractivity contribution in [1.29, 1.82) is 0 Å². The number of halogens is 1. The SMILES string of the molecule is COc1ccc(F)cc1-c1ccnc2[nH]c(C3=CCC(C(=O)NC[C@H](O)CO)CC3)cc12. The Morgan fingerprint density at radius 1 is 1.34 bits per heavy atom. The van der Waals surface area contributed by atoms with E-state index in [0.717, 1.165) is 22.2 Å². The van der Waals surface area contributed by atoms with Crippen LogP contribution < -0.4 is 10.1 Å². The summed E-state index contributed by atoms with van der Waals surface area (Å²) in [6, 6.07) is 8.28. The number of methoxy groups -OCH3 is 1. The van der Waals surface area contributed by atoms with Crippen molar-refractivity contribution in [3.63, 3.8) is 0 Å². The highest BCUT2D eigenvalue weighted by Gasteiger charge is 2.23. The minimum atomic E-state index is -0.946. The number of H-pyrrole nitrogens is 1. The van der Waals surface area contributed by atoms with Crippen LogP contribution in [0.5, 0.6) is 5.75 Å². The molecule has 0 saturated carbocycles. The molecule has 1 aromatic carbocycles. The highest BCUT2D eigenvalue weighted by atomic mass is 19.1. The summed E-state index contributed by atoms with van der Waals surface area (Å²) in [7, 11) is 1.56. The van der Waals surface area contributed by atoms with E-state index >= 15 is 0 Å². The number of nitrogens with zero attached hydrogens (tertiary/aromatic N) is 1. The number of hydrogen-bond acceptors (Lipinski definition) is 5. The van der Waals surface area contributed by atoms with E-state index in [1.807, 2.05) is 18.2 Å². The van der Waals surface area contributed by atoms with E-state index in [9.17, 15) is 14.3 Å². The maximum Gasteiger partial charge on any atom is 0.223 e. The van der Waals surface area contributed by atoms with Crippen molar-refractivity contribution in [2.24, 2.45) is 5.92 Å². The molecule has 8 heteroatoms. The molecule has 2 aromatic heterocycles. The molecule has 1 unspecified atom stereocenters. The molecule has 0 spiro atoms. The number of fused-ring (bicyclic) bond motifs is 1. The quantitative estimate of drug-likeness (QED) is 0.453. The van der Waals surface area contributed by atoms with Gasteiger partial charge in [0, 0.05) is 35.3 Å². The number of aromatic amines is 1. The molecular weight excluding hydrogens is 413 g/mol. The fourth-order valence-corrected chi connectivity index (χ4v) is 4.07. The van der Waals surface area contributed by atoms with Crippen LogP contribution in [0, 0.1) is 11.7 Å². The van der Waals surface area contributed by atoms with Gasteiger partial charge in [-0.3, -0.25) is 4.79 Å². The molecule has 2 atom stereocenters. The topological polar surface area (TPSA) is 107 Å². The monoisotopic (exact) mass is 439 g/mol. The number of hydrogen-bond donors (Lipinski definition) is 4. The second kappa shape index (κ2) is 9.50. The minimum absolute atomic E-state index is 0.0441. The Balaban J connectivity index is 1.57. The Kier molecular flexibility index (Phi) is 6.53. The van der Waals surface area contributed by atoms with E-state index < -0.39 is 6.10 Å². The van der Waals surface area contributed by atoms with E-state index in [0.29, 0.717) is 36.2 Å². The third kappa shape index (κ3) is 4.51. The number of carbonyl (C=O) groups excluding carboxylic acids is 1. The Hall–Kier alpha value is -3.23. The van der Waals surface area contributed by atoms with Gasteiger partial charge in [-0.25, -0.2) is 9.37 Å². The lowest BCUT2D eigenvalue weighted by Crippen LogP contribution is -2.38. The molecule has 0 saturated heterocycles. The summed E-state index contributed by atoms with van der Waals surface area (Å²) in [4.78, 5) is 20.1. The van der Waals surface area contributed by atoms with Crippen molar-refractivity contribution < 1.29 is 24.1 Å². The molecule has 1 aliphatic rings. The number of rotatable bonds is 7. The predicted molar refractivity (Wildman–Crippen MR) is 119 cm³/mol. The minimum Gasteiger partial charge on any atom is -0.496 e. The number of ether oxygens (including phenoxy) is 1. The third-order valence-electron chi connectivity index (χ3n) is 5.83. The standard InChI is InChI=1S/C24H26FN3O4/c1-32-22-7-6-16(25)10-19(22)18-8-9-26-23-20(18)11-21(28-23)14-2-4-15(5-3-14)24(31)27-12-17(30)13-29/h2,6-11,15,17,29-30H,3-5,12-13H2,1H3,(H,26,28)(H,27,31)/t15?,17-/m0/s1. The number of nitrogens with one attached hydrogen (secondary N) is 2. The predicted octanol–water partition coefficient (Wildman–Crippen LogP) is 3.03. The van der Waals surface area contributed by atoms with Crippen LogP contribution in [-0.4, -0.2) is 52.5 Å². The van der Waals surface area contributed by atoms with Gasteiger partial charge in [-0.15, -0.1) is 0 Å². The van der Waals surface area contributed by atoms with Crippen molar-refractivity contribution in [3.05, 3.63) is 54.1 Å². The second-order valence-corrected chi connectivity index (χ2v) is 7.93. The van der Waals surface area contributed by atoms with Crippen LogP contribution in [0.1, 0.15) is 25.0 Å². The first kappa shape index (κ1) is 22.0. The smallest absolute Gasteiger partial charge is 0.223 e. The molecule has 0 radical (unpaired) electrons. The van der Waals surface area contributed by atoms with E-state index in [-0.39, 0.29) is 30.8 Å². The van der Waals surface area contributed by atoms with Crippen molar-refractivity contribution in [1.82, 2.24) is 15.3 Å². The fraction of sp³-hybridized carbons (Fsp3) is 0.333. The van der Waals surface area contributed by atoms with Gasteiger partial charge >= 0.3 is 0 Å². The van der Waals surface area contributed by atoms with Gasteiger partial charge in [-0.05, 0) is 60.7 Å². The Morgan fingerprint density at radius 3 is 2.91 bits per heavy atom. The summed E-state index contributed by atoms with van der Waals surface area (Å²) in [5, 5.41) is 21.8. The first-order valence-corrected chi connectivity index (χ1v) is 10.6. The highest BCUT2D eigenvalue weighted by molar-refractivity contribution is 5.96. The lowest BCUT2D eigenvalue weighted by atomic mass is 9.87. The second-order valence-electron chi connectivity index (χ2n) is 7.93. The molecule has 168 valence electrons. The summed E-state index contributed by atoms with van der Waals surface area (Å²) < 4.78 is 19.4. The van der Waals surface area contributed by atoms with Gasteiger partial charge in [0.2, 0.25) is 5.91 Å². The number of amides is 1. The first-order valence-electron chi connectivity index (χ1n) is 10.6. The van der Waals surface area contributed by atoms with Crippen LogP contribution in [0.4, 0.5) is 4.39 Å². The van der Waals surface area contributed by atoms with Crippen LogP contribution in [0.3, 0.4) is 0 Å². The normalized spacial score (nSPS) is 17.1. The molecule has 4 rings (SSSR count). The van der Waals surface area contributed by atoms with Crippen LogP contribution in [0.2, 0.25) is 0 Å². The van der Waals surface area contributed by atoms with Gasteiger partial charge in [-0.1, -0.05) is 6.08 Å². The van der Waals surface area contributed by atoms with Gasteiger partial charge in [0.15, 0.2) is 0 Å². The summed E-state index contributed by atoms with van der Waals surface area (Å²) in [6.45, 7) is -0.338. The Bertz CT molecular complexity index is 1160. The molecule has 0 fully saturated rings. The Morgan fingerprint density at radius 2 is 2.19 bits per heavy atom. The first-order chi connectivity index (χ1) is 15.5. The molecule has 3 aromatic rings. The zero-order chi connectivity index (χ0) is 22.7. The summed E-state index contributed by atoms with van der Waals surface area (Å²) in [5.74, 6) is -0.0445. The van der Waals surface area contributed by atoms with E-state index in [1.54, 1.807) is 19.4 Å². The molecule has 1 amide bonds. The maximum atomic E-state index is 13.9. The third-order valence-corrected chi connectivity index (χ3v) is 5.83. The Labute approximate surface area is 184 Å². The van der Waals surface area contributed by atoms with Crippen molar-refractivity contribution in [3.8, 4) is 16.9 Å².